The molecule has 0 spiro atoms. The monoisotopic (exact) mass is 354 g/mol. The van der Waals surface area contributed by atoms with Gasteiger partial charge in [0, 0.05) is 56.1 Å². The lowest BCUT2D eigenvalue weighted by atomic mass is 10.1. The Morgan fingerprint density at radius 1 is 1.46 bits per heavy atom. The Morgan fingerprint density at radius 3 is 3.12 bits per heavy atom. The number of carbonyl (C=O) groups is 1. The highest BCUT2D eigenvalue weighted by molar-refractivity contribution is 5.88. The first-order chi connectivity index (χ1) is 12.7. The van der Waals surface area contributed by atoms with Crippen LogP contribution in [0.15, 0.2) is 41.3 Å². The zero-order valence-corrected chi connectivity index (χ0v) is 14.9. The second-order valence-electron chi connectivity index (χ2n) is 6.50. The molecule has 7 nitrogen and oxygen atoms in total. The number of amides is 1. The Balaban J connectivity index is 1.58. The second-order valence-corrected chi connectivity index (χ2v) is 6.50. The number of benzene rings is 1. The van der Waals surface area contributed by atoms with Crippen molar-refractivity contribution in [3.8, 4) is 5.75 Å². The normalized spacial score (nSPS) is 17.6. The molecular formula is C19H22N4O3. The number of carbonyl (C=O) groups excluding carboxylic acids is 1. The van der Waals surface area contributed by atoms with Crippen molar-refractivity contribution in [3.63, 3.8) is 0 Å². The molecule has 0 aliphatic carbocycles. The number of ether oxygens (including phenoxy) is 1. The van der Waals surface area contributed by atoms with Gasteiger partial charge in [0.05, 0.1) is 19.8 Å². The highest BCUT2D eigenvalue weighted by Crippen LogP contribution is 2.27. The molecule has 1 aromatic carbocycles. The Labute approximate surface area is 151 Å². The van der Waals surface area contributed by atoms with Crippen LogP contribution in [0.25, 0.3) is 11.0 Å². The van der Waals surface area contributed by atoms with Gasteiger partial charge in [0.2, 0.25) is 5.91 Å². The zero-order valence-electron chi connectivity index (χ0n) is 14.9. The van der Waals surface area contributed by atoms with Crippen LogP contribution in [0.2, 0.25) is 0 Å². The van der Waals surface area contributed by atoms with Crippen LogP contribution >= 0.6 is 0 Å². The molecule has 1 amide bonds. The summed E-state index contributed by atoms with van der Waals surface area (Å²) in [6, 6.07) is 5.60. The molecular weight excluding hydrogens is 332 g/mol. The Morgan fingerprint density at radius 2 is 2.35 bits per heavy atom. The van der Waals surface area contributed by atoms with Gasteiger partial charge in [-0.05, 0) is 12.1 Å². The fourth-order valence-electron chi connectivity index (χ4n) is 3.52. The van der Waals surface area contributed by atoms with Gasteiger partial charge in [-0.2, -0.15) is 0 Å². The quantitative estimate of drug-likeness (QED) is 0.775. The van der Waals surface area contributed by atoms with Gasteiger partial charge in [-0.1, -0.05) is 0 Å². The number of imidazole rings is 1. The summed E-state index contributed by atoms with van der Waals surface area (Å²) in [6.45, 7) is 2.16. The number of rotatable bonds is 4. The van der Waals surface area contributed by atoms with Gasteiger partial charge < -0.3 is 23.9 Å². The van der Waals surface area contributed by atoms with Crippen LogP contribution in [0, 0.1) is 0 Å². The van der Waals surface area contributed by atoms with Gasteiger partial charge in [-0.3, -0.25) is 4.79 Å². The molecule has 7 heteroatoms. The summed E-state index contributed by atoms with van der Waals surface area (Å²) in [7, 11) is 3.58. The topological polar surface area (TPSA) is 72.5 Å². The summed E-state index contributed by atoms with van der Waals surface area (Å²) in [5.41, 5.74) is 1.62. The van der Waals surface area contributed by atoms with Crippen molar-refractivity contribution in [2.75, 3.05) is 26.7 Å². The van der Waals surface area contributed by atoms with Crippen molar-refractivity contribution in [3.05, 3.63) is 48.2 Å². The molecule has 4 rings (SSSR count). The predicted octanol–water partition coefficient (Wildman–Crippen LogP) is 1.89. The second kappa shape index (κ2) is 6.84. The third-order valence-electron chi connectivity index (χ3n) is 4.92. The number of hydrogen-bond donors (Lipinski definition) is 1. The van der Waals surface area contributed by atoms with Crippen LogP contribution in [0.5, 0.6) is 5.75 Å². The number of fused-ring (bicyclic) bond motifs is 1. The van der Waals surface area contributed by atoms with E-state index in [2.05, 4.69) is 10.3 Å². The zero-order chi connectivity index (χ0) is 18.1. The molecule has 1 N–H and O–H groups in total. The number of aryl methyl sites for hydroxylation is 1. The molecule has 0 bridgehead atoms. The molecule has 1 fully saturated rings. The fourth-order valence-corrected chi connectivity index (χ4v) is 3.52. The van der Waals surface area contributed by atoms with Crippen LogP contribution in [0.3, 0.4) is 0 Å². The van der Waals surface area contributed by atoms with Crippen molar-refractivity contribution >= 4 is 16.9 Å². The summed E-state index contributed by atoms with van der Waals surface area (Å²) in [6.07, 6.45) is 5.65. The molecule has 0 radical (unpaired) electrons. The first kappa shape index (κ1) is 16.7. The average Bonchev–Trinajstić information content (AvgIpc) is 3.27. The maximum atomic E-state index is 13.0. The molecule has 3 aromatic rings. The SMILES string of the molecule is COc1ccc2c(CC(=O)N3CCNCC3c3nccn3C)coc2c1. The summed E-state index contributed by atoms with van der Waals surface area (Å²) in [4.78, 5) is 19.4. The lowest BCUT2D eigenvalue weighted by Crippen LogP contribution is -2.49. The number of furan rings is 1. The largest absolute Gasteiger partial charge is 0.497 e. The van der Waals surface area contributed by atoms with Gasteiger partial charge in [-0.25, -0.2) is 4.98 Å². The highest BCUT2D eigenvalue weighted by atomic mass is 16.5. The van der Waals surface area contributed by atoms with Crippen LogP contribution < -0.4 is 10.1 Å². The number of piperazine rings is 1. The summed E-state index contributed by atoms with van der Waals surface area (Å²) < 4.78 is 12.8. The number of nitrogens with one attached hydrogen (secondary N) is 1. The first-order valence-corrected chi connectivity index (χ1v) is 8.69. The molecule has 1 aliphatic heterocycles. The third kappa shape index (κ3) is 2.94. The summed E-state index contributed by atoms with van der Waals surface area (Å²) in [5.74, 6) is 1.71. The van der Waals surface area contributed by atoms with E-state index >= 15 is 0 Å². The van der Waals surface area contributed by atoms with E-state index in [-0.39, 0.29) is 11.9 Å². The molecule has 3 heterocycles. The maximum Gasteiger partial charge on any atom is 0.227 e. The van der Waals surface area contributed by atoms with E-state index < -0.39 is 0 Å². The highest BCUT2D eigenvalue weighted by Gasteiger charge is 2.30. The maximum absolute atomic E-state index is 13.0. The Hall–Kier alpha value is -2.80. The average molecular weight is 354 g/mol. The number of hydrogen-bond acceptors (Lipinski definition) is 5. The molecule has 1 saturated heterocycles. The summed E-state index contributed by atoms with van der Waals surface area (Å²) >= 11 is 0. The minimum Gasteiger partial charge on any atom is -0.497 e. The van der Waals surface area contributed by atoms with Gasteiger partial charge in [0.1, 0.15) is 23.2 Å². The first-order valence-electron chi connectivity index (χ1n) is 8.69. The number of aromatic nitrogens is 2. The van der Waals surface area contributed by atoms with E-state index in [1.54, 1.807) is 19.6 Å². The van der Waals surface area contributed by atoms with Crippen molar-refractivity contribution in [2.24, 2.45) is 7.05 Å². The fraction of sp³-hybridized carbons (Fsp3) is 0.368. The van der Waals surface area contributed by atoms with Crippen LogP contribution in [0.1, 0.15) is 17.4 Å². The van der Waals surface area contributed by atoms with Gasteiger partial charge in [-0.15, -0.1) is 0 Å². The van der Waals surface area contributed by atoms with E-state index in [1.165, 1.54) is 0 Å². The van der Waals surface area contributed by atoms with E-state index in [0.29, 0.717) is 19.5 Å². The van der Waals surface area contributed by atoms with Crippen LogP contribution in [-0.4, -0.2) is 47.1 Å². The van der Waals surface area contributed by atoms with Crippen molar-refractivity contribution in [1.29, 1.82) is 0 Å². The van der Waals surface area contributed by atoms with Gasteiger partial charge >= 0.3 is 0 Å². The van der Waals surface area contributed by atoms with Crippen LogP contribution in [-0.2, 0) is 18.3 Å². The van der Waals surface area contributed by atoms with Crippen molar-refractivity contribution < 1.29 is 13.9 Å². The van der Waals surface area contributed by atoms with E-state index in [9.17, 15) is 4.79 Å². The van der Waals surface area contributed by atoms with Gasteiger partial charge in [0.15, 0.2) is 0 Å². The molecule has 1 unspecified atom stereocenters. The molecule has 136 valence electrons. The van der Waals surface area contributed by atoms with E-state index in [0.717, 1.165) is 34.7 Å². The Bertz CT molecular complexity index is 930. The van der Waals surface area contributed by atoms with Crippen molar-refractivity contribution in [2.45, 2.75) is 12.5 Å². The molecule has 2 aromatic heterocycles. The van der Waals surface area contributed by atoms with Crippen LogP contribution in [0.4, 0.5) is 0 Å². The summed E-state index contributed by atoms with van der Waals surface area (Å²) in [5, 5.41) is 4.30. The lowest BCUT2D eigenvalue weighted by Gasteiger charge is -2.35. The minimum absolute atomic E-state index is 0.0606. The number of methoxy groups -OCH3 is 1. The predicted molar refractivity (Wildman–Crippen MR) is 97.0 cm³/mol. The third-order valence-corrected chi connectivity index (χ3v) is 4.92. The molecule has 1 aliphatic rings. The minimum atomic E-state index is -0.0606. The lowest BCUT2D eigenvalue weighted by molar-refractivity contribution is -0.134. The Kier molecular flexibility index (Phi) is 4.38. The number of nitrogens with zero attached hydrogens (tertiary/aromatic N) is 3. The van der Waals surface area contributed by atoms with Gasteiger partial charge in [0.25, 0.3) is 0 Å². The molecule has 1 atom stereocenters. The smallest absolute Gasteiger partial charge is 0.227 e. The molecule has 26 heavy (non-hydrogen) atoms. The standard InChI is InChI=1S/C19H22N4O3/c1-22-7-6-21-19(22)16-11-20-5-8-23(16)18(24)9-13-12-26-17-10-14(25-2)3-4-15(13)17/h3-4,6-7,10,12,16,20H,5,8-9,11H2,1-2H3. The molecule has 0 saturated carbocycles. The van der Waals surface area contributed by atoms with E-state index in [4.69, 9.17) is 9.15 Å². The van der Waals surface area contributed by atoms with E-state index in [1.807, 2.05) is 40.9 Å². The van der Waals surface area contributed by atoms with Crippen molar-refractivity contribution in [1.82, 2.24) is 19.8 Å².